The van der Waals surface area contributed by atoms with Crippen molar-refractivity contribution in [2.45, 2.75) is 4.90 Å². The average Bonchev–Trinajstić information content (AvgIpc) is 2.47. The van der Waals surface area contributed by atoms with Gasteiger partial charge >= 0.3 is 5.97 Å². The van der Waals surface area contributed by atoms with Crippen molar-refractivity contribution < 1.29 is 19.4 Å². The number of aromatic carboxylic acids is 1. The van der Waals surface area contributed by atoms with Gasteiger partial charge in [-0.1, -0.05) is 6.07 Å². The number of benzene rings is 2. The number of ether oxygens (including phenoxy) is 2. The standard InChI is InChI=1S/C15H14O4S/c1-18-10-6-8-11(9-7-10)19-12-4-3-5-13(20-2)14(12)15(16)17/h3-9H,1-2H3,(H,16,17). The summed E-state index contributed by atoms with van der Waals surface area (Å²) in [5.74, 6) is 0.605. The number of thioether (sulfide) groups is 1. The van der Waals surface area contributed by atoms with Crippen LogP contribution in [-0.2, 0) is 0 Å². The first-order valence-corrected chi connectivity index (χ1v) is 7.10. The summed E-state index contributed by atoms with van der Waals surface area (Å²) in [7, 11) is 1.58. The minimum atomic E-state index is -1.00. The molecule has 2 aromatic rings. The van der Waals surface area contributed by atoms with E-state index >= 15 is 0 Å². The van der Waals surface area contributed by atoms with Crippen molar-refractivity contribution in [3.8, 4) is 17.2 Å². The highest BCUT2D eigenvalue weighted by atomic mass is 32.2. The number of carbonyl (C=O) groups is 1. The van der Waals surface area contributed by atoms with Gasteiger partial charge in [0.25, 0.3) is 0 Å². The lowest BCUT2D eigenvalue weighted by atomic mass is 10.2. The van der Waals surface area contributed by atoms with Crippen molar-refractivity contribution in [1.29, 1.82) is 0 Å². The van der Waals surface area contributed by atoms with Crippen LogP contribution in [0.4, 0.5) is 0 Å². The molecule has 0 radical (unpaired) electrons. The highest BCUT2D eigenvalue weighted by molar-refractivity contribution is 7.98. The van der Waals surface area contributed by atoms with Gasteiger partial charge in [-0.3, -0.25) is 0 Å². The summed E-state index contributed by atoms with van der Waals surface area (Å²) < 4.78 is 10.7. The van der Waals surface area contributed by atoms with Gasteiger partial charge in [-0.2, -0.15) is 0 Å². The van der Waals surface area contributed by atoms with Crippen molar-refractivity contribution in [3.63, 3.8) is 0 Å². The first-order chi connectivity index (χ1) is 9.65. The zero-order valence-electron chi connectivity index (χ0n) is 11.1. The number of methoxy groups -OCH3 is 1. The molecule has 2 rings (SSSR count). The molecule has 1 N–H and O–H groups in total. The first kappa shape index (κ1) is 14.3. The topological polar surface area (TPSA) is 55.8 Å². The fourth-order valence-corrected chi connectivity index (χ4v) is 2.35. The number of carboxylic acid groups (broad SMARTS) is 1. The van der Waals surface area contributed by atoms with E-state index in [0.717, 1.165) is 0 Å². The first-order valence-electron chi connectivity index (χ1n) is 5.88. The smallest absolute Gasteiger partial charge is 0.340 e. The molecule has 0 bridgehead atoms. The van der Waals surface area contributed by atoms with Gasteiger partial charge in [0, 0.05) is 4.90 Å². The summed E-state index contributed by atoms with van der Waals surface area (Å²) in [6.07, 6.45) is 1.83. The van der Waals surface area contributed by atoms with Crippen LogP contribution < -0.4 is 9.47 Å². The molecule has 0 heterocycles. The Morgan fingerprint density at radius 1 is 1.10 bits per heavy atom. The van der Waals surface area contributed by atoms with Gasteiger partial charge in [-0.25, -0.2) is 4.79 Å². The molecule has 0 saturated heterocycles. The van der Waals surface area contributed by atoms with E-state index in [4.69, 9.17) is 9.47 Å². The molecule has 0 amide bonds. The van der Waals surface area contributed by atoms with Crippen LogP contribution in [0.15, 0.2) is 47.4 Å². The molecular weight excluding hydrogens is 276 g/mol. The van der Waals surface area contributed by atoms with Gasteiger partial charge in [0.05, 0.1) is 7.11 Å². The van der Waals surface area contributed by atoms with Crippen LogP contribution in [0.25, 0.3) is 0 Å². The largest absolute Gasteiger partial charge is 0.497 e. The minimum Gasteiger partial charge on any atom is -0.497 e. The Balaban J connectivity index is 2.34. The quantitative estimate of drug-likeness (QED) is 0.846. The Labute approximate surface area is 121 Å². The molecule has 4 nitrogen and oxygen atoms in total. The average molecular weight is 290 g/mol. The van der Waals surface area contributed by atoms with Crippen molar-refractivity contribution in [2.75, 3.05) is 13.4 Å². The molecular formula is C15H14O4S. The highest BCUT2D eigenvalue weighted by Gasteiger charge is 2.16. The fraction of sp³-hybridized carbons (Fsp3) is 0.133. The normalized spacial score (nSPS) is 10.1. The Bertz CT molecular complexity index is 608. The number of rotatable bonds is 5. The van der Waals surface area contributed by atoms with E-state index in [9.17, 15) is 9.90 Å². The van der Waals surface area contributed by atoms with Crippen molar-refractivity contribution in [3.05, 3.63) is 48.0 Å². The Morgan fingerprint density at radius 3 is 2.30 bits per heavy atom. The molecule has 0 atom stereocenters. The second kappa shape index (κ2) is 6.34. The summed E-state index contributed by atoms with van der Waals surface area (Å²) in [5.41, 5.74) is 0.177. The predicted molar refractivity (Wildman–Crippen MR) is 78.3 cm³/mol. The minimum absolute atomic E-state index is 0.177. The van der Waals surface area contributed by atoms with Crippen LogP contribution in [0.5, 0.6) is 17.2 Å². The molecule has 104 valence electrons. The lowest BCUT2D eigenvalue weighted by Crippen LogP contribution is -2.02. The van der Waals surface area contributed by atoms with Crippen LogP contribution in [0.3, 0.4) is 0 Å². The summed E-state index contributed by atoms with van der Waals surface area (Å²) >= 11 is 1.37. The van der Waals surface area contributed by atoms with Gasteiger partial charge < -0.3 is 14.6 Å². The summed E-state index contributed by atoms with van der Waals surface area (Å²) in [6.45, 7) is 0. The summed E-state index contributed by atoms with van der Waals surface area (Å²) in [6, 6.07) is 12.2. The third-order valence-corrected chi connectivity index (χ3v) is 3.49. The van der Waals surface area contributed by atoms with Crippen LogP contribution in [0.2, 0.25) is 0 Å². The molecule has 0 aliphatic rings. The van der Waals surface area contributed by atoms with E-state index in [1.165, 1.54) is 11.8 Å². The van der Waals surface area contributed by atoms with E-state index < -0.39 is 5.97 Å². The van der Waals surface area contributed by atoms with Gasteiger partial charge in [-0.15, -0.1) is 11.8 Å². The SMILES string of the molecule is COc1ccc(Oc2cccc(SC)c2C(=O)O)cc1. The maximum Gasteiger partial charge on any atom is 0.340 e. The molecule has 0 unspecified atom stereocenters. The molecule has 5 heteroatoms. The van der Waals surface area contributed by atoms with Crippen LogP contribution in [0.1, 0.15) is 10.4 Å². The Kier molecular flexibility index (Phi) is 4.53. The molecule has 20 heavy (non-hydrogen) atoms. The molecule has 0 saturated carbocycles. The van der Waals surface area contributed by atoms with Gasteiger partial charge in [0.1, 0.15) is 22.8 Å². The van der Waals surface area contributed by atoms with Crippen LogP contribution in [-0.4, -0.2) is 24.4 Å². The van der Waals surface area contributed by atoms with E-state index in [-0.39, 0.29) is 5.56 Å². The summed E-state index contributed by atoms with van der Waals surface area (Å²) in [5, 5.41) is 9.32. The Morgan fingerprint density at radius 2 is 1.75 bits per heavy atom. The van der Waals surface area contributed by atoms with Crippen molar-refractivity contribution in [1.82, 2.24) is 0 Å². The van der Waals surface area contributed by atoms with E-state index in [2.05, 4.69) is 0 Å². The van der Waals surface area contributed by atoms with Gasteiger partial charge in [-0.05, 0) is 42.7 Å². The summed E-state index contributed by atoms with van der Waals surface area (Å²) in [4.78, 5) is 12.0. The fourth-order valence-electron chi connectivity index (χ4n) is 1.75. The molecule has 0 aromatic heterocycles. The molecule has 0 aliphatic carbocycles. The highest BCUT2D eigenvalue weighted by Crippen LogP contribution is 2.32. The predicted octanol–water partition coefficient (Wildman–Crippen LogP) is 3.91. The van der Waals surface area contributed by atoms with Gasteiger partial charge in [0.2, 0.25) is 0 Å². The maximum absolute atomic E-state index is 11.4. The van der Waals surface area contributed by atoms with Crippen molar-refractivity contribution in [2.24, 2.45) is 0 Å². The third-order valence-electron chi connectivity index (χ3n) is 2.71. The molecule has 0 aliphatic heterocycles. The van der Waals surface area contributed by atoms with Crippen LogP contribution >= 0.6 is 11.8 Å². The molecule has 0 spiro atoms. The van der Waals surface area contributed by atoms with Crippen LogP contribution in [0, 0.1) is 0 Å². The zero-order valence-corrected chi connectivity index (χ0v) is 11.9. The third kappa shape index (κ3) is 3.05. The second-order valence-corrected chi connectivity index (χ2v) is 4.76. The lowest BCUT2D eigenvalue weighted by molar-refractivity contribution is 0.0690. The number of hydrogen-bond donors (Lipinski definition) is 1. The Hall–Kier alpha value is -2.14. The number of hydrogen-bond acceptors (Lipinski definition) is 4. The zero-order chi connectivity index (χ0) is 14.5. The molecule has 2 aromatic carbocycles. The monoisotopic (exact) mass is 290 g/mol. The van der Waals surface area contributed by atoms with E-state index in [0.29, 0.717) is 22.1 Å². The van der Waals surface area contributed by atoms with E-state index in [1.807, 2.05) is 6.26 Å². The van der Waals surface area contributed by atoms with E-state index in [1.54, 1.807) is 49.6 Å². The number of carboxylic acids is 1. The van der Waals surface area contributed by atoms with Gasteiger partial charge in [0.15, 0.2) is 0 Å². The maximum atomic E-state index is 11.4. The second-order valence-electron chi connectivity index (χ2n) is 3.92. The lowest BCUT2D eigenvalue weighted by Gasteiger charge is -2.11. The molecule has 0 fully saturated rings. The van der Waals surface area contributed by atoms with Crippen molar-refractivity contribution >= 4 is 17.7 Å².